The van der Waals surface area contributed by atoms with Crippen molar-refractivity contribution in [3.8, 4) is 0 Å². The fourth-order valence-electron chi connectivity index (χ4n) is 2.90. The molecule has 3 unspecified atom stereocenters. The second kappa shape index (κ2) is 5.41. The summed E-state index contributed by atoms with van der Waals surface area (Å²) in [5, 5.41) is 0. The minimum Gasteiger partial charge on any atom is -0.324 e. The summed E-state index contributed by atoms with van der Waals surface area (Å²) in [7, 11) is 0. The lowest BCUT2D eigenvalue weighted by atomic mass is 9.77. The number of rotatable bonds is 2. The van der Waals surface area contributed by atoms with E-state index in [9.17, 15) is 0 Å². The van der Waals surface area contributed by atoms with E-state index in [0.29, 0.717) is 11.8 Å². The zero-order chi connectivity index (χ0) is 13.1. The average molecular weight is 249 g/mol. The largest absolute Gasteiger partial charge is 0.324 e. The van der Waals surface area contributed by atoms with Gasteiger partial charge in [-0.15, -0.1) is 0 Å². The van der Waals surface area contributed by atoms with Crippen LogP contribution in [-0.4, -0.2) is 6.04 Å². The first kappa shape index (κ1) is 12.2. The third-order valence-corrected chi connectivity index (χ3v) is 3.97. The van der Waals surface area contributed by atoms with Crippen LogP contribution in [0.2, 0.25) is 0 Å². The summed E-state index contributed by atoms with van der Waals surface area (Å²) in [4.78, 5) is 0. The maximum atomic E-state index is 6.20. The Labute approximate surface area is 114 Å². The van der Waals surface area contributed by atoms with E-state index < -0.39 is 0 Å². The molecule has 1 heteroatoms. The molecule has 3 atom stereocenters. The van der Waals surface area contributed by atoms with Crippen LogP contribution in [0.3, 0.4) is 0 Å². The van der Waals surface area contributed by atoms with Crippen LogP contribution in [-0.2, 0) is 0 Å². The molecule has 1 aromatic rings. The summed E-state index contributed by atoms with van der Waals surface area (Å²) in [5.74, 6) is 0.907. The van der Waals surface area contributed by atoms with Gasteiger partial charge in [-0.25, -0.2) is 0 Å². The highest BCUT2D eigenvalue weighted by atomic mass is 14.6. The Morgan fingerprint density at radius 2 is 1.68 bits per heavy atom. The first-order valence-corrected chi connectivity index (χ1v) is 6.88. The smallest absolute Gasteiger partial charge is 0.0296 e. The van der Waals surface area contributed by atoms with E-state index in [-0.39, 0.29) is 6.04 Å². The maximum Gasteiger partial charge on any atom is 0.0296 e. The van der Waals surface area contributed by atoms with Crippen molar-refractivity contribution in [2.24, 2.45) is 17.6 Å². The summed E-state index contributed by atoms with van der Waals surface area (Å²) >= 11 is 0. The number of benzene rings is 1. The van der Waals surface area contributed by atoms with Crippen LogP contribution in [0.5, 0.6) is 0 Å². The number of hydrogen-bond donors (Lipinski definition) is 1. The van der Waals surface area contributed by atoms with Gasteiger partial charge in [0.25, 0.3) is 0 Å². The van der Waals surface area contributed by atoms with Crippen LogP contribution >= 0.6 is 0 Å². The molecule has 2 aliphatic rings. The fraction of sp³-hybridized carbons (Fsp3) is 0.222. The molecule has 0 saturated carbocycles. The second-order valence-electron chi connectivity index (χ2n) is 5.24. The van der Waals surface area contributed by atoms with Gasteiger partial charge in [-0.3, -0.25) is 0 Å². The van der Waals surface area contributed by atoms with Gasteiger partial charge in [-0.1, -0.05) is 72.9 Å². The van der Waals surface area contributed by atoms with E-state index in [1.54, 1.807) is 0 Å². The van der Waals surface area contributed by atoms with Gasteiger partial charge < -0.3 is 5.73 Å². The molecule has 0 aliphatic heterocycles. The van der Waals surface area contributed by atoms with Crippen molar-refractivity contribution in [2.75, 3.05) is 0 Å². The van der Waals surface area contributed by atoms with Crippen molar-refractivity contribution >= 4 is 5.57 Å². The minimum absolute atomic E-state index is 0.134. The third kappa shape index (κ3) is 2.61. The number of nitrogens with two attached hydrogens (primary N) is 1. The summed E-state index contributed by atoms with van der Waals surface area (Å²) in [6, 6.07) is 10.7. The normalized spacial score (nSPS) is 29.3. The van der Waals surface area contributed by atoms with Crippen molar-refractivity contribution < 1.29 is 0 Å². The molecule has 2 N–H and O–H groups in total. The summed E-state index contributed by atoms with van der Waals surface area (Å²) < 4.78 is 0. The van der Waals surface area contributed by atoms with Crippen molar-refractivity contribution in [2.45, 2.75) is 12.5 Å². The Morgan fingerprint density at radius 1 is 0.895 bits per heavy atom. The topological polar surface area (TPSA) is 26.0 Å². The standard InChI is InChI=1S/C18H19N/c19-18-12-5-4-11-17(18)16-10-6-9-15(13-16)14-7-2-1-3-8-14/h1-12,16-18H,13,19H2. The molecular weight excluding hydrogens is 230 g/mol. The Morgan fingerprint density at radius 3 is 2.47 bits per heavy atom. The van der Waals surface area contributed by atoms with Crippen LogP contribution in [0, 0.1) is 11.8 Å². The lowest BCUT2D eigenvalue weighted by Crippen LogP contribution is -2.33. The Balaban J connectivity index is 1.79. The van der Waals surface area contributed by atoms with Gasteiger partial charge in [0.1, 0.15) is 0 Å². The first-order valence-electron chi connectivity index (χ1n) is 6.88. The van der Waals surface area contributed by atoms with Crippen LogP contribution < -0.4 is 5.73 Å². The molecule has 2 aliphatic carbocycles. The highest BCUT2D eigenvalue weighted by Crippen LogP contribution is 2.34. The predicted molar refractivity (Wildman–Crippen MR) is 81.4 cm³/mol. The lowest BCUT2D eigenvalue weighted by molar-refractivity contribution is 0.437. The fourth-order valence-corrected chi connectivity index (χ4v) is 2.90. The van der Waals surface area contributed by atoms with Crippen LogP contribution in [0.15, 0.2) is 72.9 Å². The molecule has 0 bridgehead atoms. The van der Waals surface area contributed by atoms with Crippen molar-refractivity contribution in [1.82, 2.24) is 0 Å². The molecule has 0 heterocycles. The minimum atomic E-state index is 0.134. The molecular formula is C18H19N. The van der Waals surface area contributed by atoms with Gasteiger partial charge in [-0.2, -0.15) is 0 Å². The molecule has 0 radical (unpaired) electrons. The van der Waals surface area contributed by atoms with Crippen LogP contribution in [0.4, 0.5) is 0 Å². The monoisotopic (exact) mass is 249 g/mol. The zero-order valence-electron chi connectivity index (χ0n) is 10.9. The van der Waals surface area contributed by atoms with E-state index in [1.807, 2.05) is 6.08 Å². The van der Waals surface area contributed by atoms with Crippen LogP contribution in [0.1, 0.15) is 12.0 Å². The third-order valence-electron chi connectivity index (χ3n) is 3.97. The van der Waals surface area contributed by atoms with Crippen molar-refractivity contribution in [1.29, 1.82) is 0 Å². The van der Waals surface area contributed by atoms with Crippen molar-refractivity contribution in [3.63, 3.8) is 0 Å². The van der Waals surface area contributed by atoms with Gasteiger partial charge in [0.05, 0.1) is 0 Å². The van der Waals surface area contributed by atoms with Crippen molar-refractivity contribution in [3.05, 3.63) is 78.4 Å². The first-order chi connectivity index (χ1) is 9.34. The van der Waals surface area contributed by atoms with E-state index in [1.165, 1.54) is 11.1 Å². The second-order valence-corrected chi connectivity index (χ2v) is 5.24. The van der Waals surface area contributed by atoms with E-state index in [4.69, 9.17) is 5.73 Å². The molecule has 0 fully saturated rings. The summed E-state index contributed by atoms with van der Waals surface area (Å²) in [6.45, 7) is 0. The zero-order valence-corrected chi connectivity index (χ0v) is 10.9. The maximum absolute atomic E-state index is 6.20. The molecule has 0 aromatic heterocycles. The quantitative estimate of drug-likeness (QED) is 0.849. The highest BCUT2D eigenvalue weighted by Gasteiger charge is 2.25. The van der Waals surface area contributed by atoms with Gasteiger partial charge in [-0.05, 0) is 23.5 Å². The summed E-state index contributed by atoms with van der Waals surface area (Å²) in [5.41, 5.74) is 8.93. The average Bonchev–Trinajstić information content (AvgIpc) is 2.49. The van der Waals surface area contributed by atoms with Crippen LogP contribution in [0.25, 0.3) is 5.57 Å². The van der Waals surface area contributed by atoms with E-state index in [0.717, 1.165) is 6.42 Å². The number of allylic oxidation sites excluding steroid dienone is 6. The lowest BCUT2D eigenvalue weighted by Gasteiger charge is -2.29. The molecule has 96 valence electrons. The SMILES string of the molecule is NC1C=CC=CC1C1C=CC=C(c2ccccc2)C1. The molecule has 1 aromatic carbocycles. The summed E-state index contributed by atoms with van der Waals surface area (Å²) in [6.07, 6.45) is 16.3. The van der Waals surface area contributed by atoms with Gasteiger partial charge >= 0.3 is 0 Å². The van der Waals surface area contributed by atoms with Gasteiger partial charge in [0.2, 0.25) is 0 Å². The molecule has 19 heavy (non-hydrogen) atoms. The molecule has 0 spiro atoms. The van der Waals surface area contributed by atoms with E-state index in [2.05, 4.69) is 66.8 Å². The van der Waals surface area contributed by atoms with E-state index >= 15 is 0 Å². The highest BCUT2D eigenvalue weighted by molar-refractivity contribution is 5.68. The Kier molecular flexibility index (Phi) is 3.47. The molecule has 3 rings (SSSR count). The Bertz CT molecular complexity index is 548. The van der Waals surface area contributed by atoms with Gasteiger partial charge in [0.15, 0.2) is 0 Å². The molecule has 0 saturated heterocycles. The molecule has 0 amide bonds. The van der Waals surface area contributed by atoms with Gasteiger partial charge in [0, 0.05) is 12.0 Å². The number of hydrogen-bond acceptors (Lipinski definition) is 1. The molecule has 1 nitrogen and oxygen atoms in total. The predicted octanol–water partition coefficient (Wildman–Crippen LogP) is 3.72. The Hall–Kier alpha value is -1.86.